The zero-order valence-electron chi connectivity index (χ0n) is 16.4. The van der Waals surface area contributed by atoms with E-state index in [2.05, 4.69) is 4.99 Å². The Kier molecular flexibility index (Phi) is 5.15. The Balaban J connectivity index is 2.18. The molecule has 3 rings (SSSR count). The van der Waals surface area contributed by atoms with E-state index in [4.69, 9.17) is 4.74 Å². The average Bonchev–Trinajstić information content (AvgIpc) is 2.96. The van der Waals surface area contributed by atoms with Gasteiger partial charge >= 0.3 is 5.97 Å². The summed E-state index contributed by atoms with van der Waals surface area (Å²) in [6.45, 7) is 5.72. The monoisotopic (exact) mass is 385 g/mol. The lowest BCUT2D eigenvalue weighted by atomic mass is 9.93. The van der Waals surface area contributed by atoms with Gasteiger partial charge in [-0.2, -0.15) is 0 Å². The molecule has 2 heterocycles. The Morgan fingerprint density at radius 2 is 1.78 bits per heavy atom. The number of methoxy groups -OCH3 is 1. The van der Waals surface area contributed by atoms with Crippen molar-refractivity contribution in [2.75, 3.05) is 21.2 Å². The number of aryl methyl sites for hydroxylation is 1. The summed E-state index contributed by atoms with van der Waals surface area (Å²) in [6, 6.07) is 7.65. The standard InChI is InChI=1S/C20H23N3O3S/c1-11-7-9-14(10-8-11)16-15(19(25)26-6)12(2)21-20-23(16)13(3)17(27-20)18(24)22(4)5/h7-10,16H,1-6H3. The van der Waals surface area contributed by atoms with Crippen LogP contribution in [0.5, 0.6) is 0 Å². The summed E-state index contributed by atoms with van der Waals surface area (Å²) >= 11 is 1.34. The van der Waals surface area contributed by atoms with Crippen molar-refractivity contribution < 1.29 is 14.3 Å². The molecule has 0 aromatic heterocycles. The normalized spacial score (nSPS) is 19.1. The zero-order chi connectivity index (χ0) is 19.9. The van der Waals surface area contributed by atoms with E-state index in [-0.39, 0.29) is 11.9 Å². The lowest BCUT2D eigenvalue weighted by Crippen LogP contribution is -2.36. The van der Waals surface area contributed by atoms with Gasteiger partial charge in [0.25, 0.3) is 5.91 Å². The molecule has 2 aliphatic heterocycles. The molecule has 0 N–H and O–H groups in total. The number of carbonyl (C=O) groups excluding carboxylic acids is 2. The van der Waals surface area contributed by atoms with Crippen LogP contribution in [0.3, 0.4) is 0 Å². The highest BCUT2D eigenvalue weighted by atomic mass is 32.2. The summed E-state index contributed by atoms with van der Waals surface area (Å²) in [6.07, 6.45) is 0. The number of ether oxygens (including phenoxy) is 1. The predicted molar refractivity (Wildman–Crippen MR) is 107 cm³/mol. The summed E-state index contributed by atoms with van der Waals surface area (Å²) in [5, 5.41) is 0.702. The van der Waals surface area contributed by atoms with Crippen LogP contribution in [-0.2, 0) is 14.3 Å². The topological polar surface area (TPSA) is 62.2 Å². The number of rotatable bonds is 3. The van der Waals surface area contributed by atoms with Crippen molar-refractivity contribution in [2.45, 2.75) is 26.8 Å². The molecule has 1 atom stereocenters. The molecule has 0 radical (unpaired) electrons. The predicted octanol–water partition coefficient (Wildman–Crippen LogP) is 3.22. The highest BCUT2D eigenvalue weighted by Crippen LogP contribution is 2.47. The Bertz CT molecular complexity index is 898. The van der Waals surface area contributed by atoms with E-state index < -0.39 is 5.97 Å². The van der Waals surface area contributed by atoms with Crippen LogP contribution in [0.25, 0.3) is 0 Å². The fraction of sp³-hybridized carbons (Fsp3) is 0.350. The van der Waals surface area contributed by atoms with Gasteiger partial charge in [0.05, 0.1) is 29.3 Å². The average molecular weight is 385 g/mol. The second kappa shape index (κ2) is 7.23. The van der Waals surface area contributed by atoms with Gasteiger partial charge < -0.3 is 14.5 Å². The number of fused-ring (bicyclic) bond motifs is 1. The number of nitrogens with zero attached hydrogens (tertiary/aromatic N) is 3. The second-order valence-corrected chi connectivity index (χ2v) is 7.76. The molecule has 0 bridgehead atoms. The van der Waals surface area contributed by atoms with E-state index in [1.54, 1.807) is 25.9 Å². The highest BCUT2D eigenvalue weighted by molar-refractivity contribution is 8.18. The van der Waals surface area contributed by atoms with Crippen LogP contribution in [0.1, 0.15) is 31.0 Å². The first-order chi connectivity index (χ1) is 12.8. The van der Waals surface area contributed by atoms with E-state index >= 15 is 0 Å². The van der Waals surface area contributed by atoms with Gasteiger partial charge in [0.2, 0.25) is 0 Å². The van der Waals surface area contributed by atoms with E-state index in [0.29, 0.717) is 21.3 Å². The summed E-state index contributed by atoms with van der Waals surface area (Å²) in [5.74, 6) is -0.486. The van der Waals surface area contributed by atoms with Gasteiger partial charge in [-0.05, 0) is 38.1 Å². The van der Waals surface area contributed by atoms with Gasteiger partial charge in [-0.15, -0.1) is 0 Å². The van der Waals surface area contributed by atoms with Crippen molar-refractivity contribution in [1.29, 1.82) is 0 Å². The maximum absolute atomic E-state index is 12.6. The van der Waals surface area contributed by atoms with Crippen LogP contribution < -0.4 is 0 Å². The number of hydrogen-bond donors (Lipinski definition) is 0. The Labute approximate surface area is 163 Å². The smallest absolute Gasteiger partial charge is 0.338 e. The second-order valence-electron chi connectivity index (χ2n) is 6.78. The number of amides is 1. The van der Waals surface area contributed by atoms with Crippen molar-refractivity contribution in [2.24, 2.45) is 4.99 Å². The molecule has 7 heteroatoms. The highest BCUT2D eigenvalue weighted by Gasteiger charge is 2.43. The lowest BCUT2D eigenvalue weighted by molar-refractivity contribution is -0.136. The van der Waals surface area contributed by atoms with Crippen molar-refractivity contribution in [3.05, 3.63) is 57.3 Å². The Morgan fingerprint density at radius 1 is 1.15 bits per heavy atom. The van der Waals surface area contributed by atoms with Crippen molar-refractivity contribution in [3.63, 3.8) is 0 Å². The fourth-order valence-electron chi connectivity index (χ4n) is 3.21. The minimum Gasteiger partial charge on any atom is -0.466 e. The number of carbonyl (C=O) groups is 2. The first kappa shape index (κ1) is 19.2. The maximum Gasteiger partial charge on any atom is 0.338 e. The molecule has 0 saturated carbocycles. The van der Waals surface area contributed by atoms with E-state index in [0.717, 1.165) is 16.8 Å². The number of aliphatic imine (C=N–C) groups is 1. The third-order valence-electron chi connectivity index (χ3n) is 4.67. The van der Waals surface area contributed by atoms with Crippen LogP contribution in [0.15, 0.2) is 51.1 Å². The van der Waals surface area contributed by atoms with Gasteiger partial charge in [0, 0.05) is 19.8 Å². The zero-order valence-corrected chi connectivity index (χ0v) is 17.2. The number of likely N-dealkylation sites (N-methyl/N-ethyl adjacent to an activating group) is 1. The SMILES string of the molecule is COC(=O)C1=C(C)N=C2SC(C(=O)N(C)C)=C(C)N2C1c1ccc(C)cc1. The molecule has 2 aliphatic rings. The molecule has 0 saturated heterocycles. The van der Waals surface area contributed by atoms with Crippen molar-refractivity contribution >= 4 is 28.8 Å². The number of thioether (sulfide) groups is 1. The van der Waals surface area contributed by atoms with Crippen LogP contribution in [0.4, 0.5) is 0 Å². The molecule has 1 amide bonds. The van der Waals surface area contributed by atoms with Gasteiger partial charge in [-0.1, -0.05) is 29.8 Å². The third kappa shape index (κ3) is 3.27. The number of benzene rings is 1. The van der Waals surface area contributed by atoms with Gasteiger partial charge in [-0.3, -0.25) is 4.79 Å². The molecule has 27 heavy (non-hydrogen) atoms. The molecular formula is C20H23N3O3S. The van der Waals surface area contributed by atoms with Crippen LogP contribution in [-0.4, -0.2) is 48.0 Å². The molecule has 0 spiro atoms. The first-order valence-corrected chi connectivity index (χ1v) is 9.41. The van der Waals surface area contributed by atoms with Crippen LogP contribution in [0.2, 0.25) is 0 Å². The Hall–Kier alpha value is -2.54. The molecule has 142 valence electrons. The lowest BCUT2D eigenvalue weighted by Gasteiger charge is -2.35. The molecule has 1 aromatic rings. The molecule has 1 unspecified atom stereocenters. The first-order valence-electron chi connectivity index (χ1n) is 8.60. The number of amidine groups is 1. The fourth-order valence-corrected chi connectivity index (χ4v) is 4.44. The summed E-state index contributed by atoms with van der Waals surface area (Å²) < 4.78 is 5.04. The van der Waals surface area contributed by atoms with Crippen LogP contribution >= 0.6 is 11.8 Å². The minimum absolute atomic E-state index is 0.0745. The molecule has 0 fully saturated rings. The largest absolute Gasteiger partial charge is 0.466 e. The van der Waals surface area contributed by atoms with E-state index in [1.807, 2.05) is 43.0 Å². The minimum atomic E-state index is -0.411. The van der Waals surface area contributed by atoms with E-state index in [1.165, 1.54) is 18.9 Å². The molecule has 6 nitrogen and oxygen atoms in total. The van der Waals surface area contributed by atoms with Crippen molar-refractivity contribution in [3.8, 4) is 0 Å². The summed E-state index contributed by atoms with van der Waals surface area (Å²) in [7, 11) is 4.82. The van der Waals surface area contributed by atoms with Gasteiger partial charge in [-0.25, -0.2) is 9.79 Å². The third-order valence-corrected chi connectivity index (χ3v) is 5.82. The number of hydrogen-bond acceptors (Lipinski definition) is 6. The summed E-state index contributed by atoms with van der Waals surface area (Å²) in [5.41, 5.74) is 3.97. The molecule has 0 aliphatic carbocycles. The number of allylic oxidation sites excluding steroid dienone is 2. The number of esters is 1. The quantitative estimate of drug-likeness (QED) is 0.748. The van der Waals surface area contributed by atoms with Crippen LogP contribution in [0, 0.1) is 6.92 Å². The molecular weight excluding hydrogens is 362 g/mol. The Morgan fingerprint density at radius 3 is 2.33 bits per heavy atom. The van der Waals surface area contributed by atoms with Crippen molar-refractivity contribution in [1.82, 2.24) is 9.80 Å². The van der Waals surface area contributed by atoms with Gasteiger partial charge in [0.15, 0.2) is 5.17 Å². The van der Waals surface area contributed by atoms with E-state index in [9.17, 15) is 9.59 Å². The van der Waals surface area contributed by atoms with Gasteiger partial charge in [0.1, 0.15) is 0 Å². The summed E-state index contributed by atoms with van der Waals surface area (Å²) in [4.78, 5) is 33.9. The molecule has 1 aromatic carbocycles. The maximum atomic E-state index is 12.6.